The predicted molar refractivity (Wildman–Crippen MR) is 105 cm³/mol. The Labute approximate surface area is 160 Å². The van der Waals surface area contributed by atoms with Gasteiger partial charge >= 0.3 is 0 Å². The maximum Gasteiger partial charge on any atom is 0.227 e. The smallest absolute Gasteiger partial charge is 0.227 e. The van der Waals surface area contributed by atoms with Gasteiger partial charge in [0.1, 0.15) is 0 Å². The van der Waals surface area contributed by atoms with Crippen LogP contribution in [0.2, 0.25) is 0 Å². The van der Waals surface area contributed by atoms with Gasteiger partial charge < -0.3 is 16.0 Å². The molecule has 0 spiro atoms. The molecule has 0 saturated carbocycles. The lowest BCUT2D eigenvalue weighted by Gasteiger charge is -2.35. The number of halogens is 3. The summed E-state index contributed by atoms with van der Waals surface area (Å²) in [4.78, 5) is 17.2. The molecule has 1 aliphatic rings. The molecule has 0 aromatic heterocycles. The second-order valence-corrected chi connectivity index (χ2v) is 6.17. The van der Waals surface area contributed by atoms with Crippen LogP contribution in [0.25, 0.3) is 0 Å². The number of nitrogens with one attached hydrogen (secondary N) is 1. The number of hydrogen-bond acceptors (Lipinski definition) is 4. The molecule has 5 nitrogen and oxygen atoms in total. The summed E-state index contributed by atoms with van der Waals surface area (Å²) >= 11 is 0. The van der Waals surface area contributed by atoms with Crippen molar-refractivity contribution in [3.8, 4) is 0 Å². The van der Waals surface area contributed by atoms with Crippen LogP contribution in [0.3, 0.4) is 0 Å². The third kappa shape index (κ3) is 8.23. The van der Waals surface area contributed by atoms with Crippen LogP contribution in [0, 0.1) is 5.41 Å². The predicted octanol–water partition coefficient (Wildman–Crippen LogP) is 1.77. The summed E-state index contributed by atoms with van der Waals surface area (Å²) in [5.74, 6) is 0.117. The summed E-state index contributed by atoms with van der Waals surface area (Å²) in [6, 6.07) is 0.176. The molecule has 0 radical (unpaired) electrons. The molecular weight excluding hydrogens is 359 g/mol. The third-order valence-electron chi connectivity index (χ3n) is 4.73. The SMILES string of the molecule is CCC(CC)(CN)C(=O)NC(C)CN1CCN(C)CC1.Cl.Cl.Cl. The minimum Gasteiger partial charge on any atom is -0.352 e. The van der Waals surface area contributed by atoms with Crippen LogP contribution < -0.4 is 11.1 Å². The fourth-order valence-electron chi connectivity index (χ4n) is 2.79. The molecule has 0 bridgehead atoms. The van der Waals surface area contributed by atoms with E-state index in [1.807, 2.05) is 13.8 Å². The maximum absolute atomic E-state index is 12.4. The van der Waals surface area contributed by atoms with Crippen molar-refractivity contribution < 1.29 is 4.79 Å². The molecule has 0 aromatic carbocycles. The van der Waals surface area contributed by atoms with Crippen molar-refractivity contribution >= 4 is 43.1 Å². The van der Waals surface area contributed by atoms with E-state index in [9.17, 15) is 4.79 Å². The van der Waals surface area contributed by atoms with Crippen LogP contribution in [-0.2, 0) is 4.79 Å². The van der Waals surface area contributed by atoms with E-state index in [0.717, 1.165) is 45.6 Å². The topological polar surface area (TPSA) is 61.6 Å². The first kappa shape index (κ1) is 28.0. The molecule has 142 valence electrons. The summed E-state index contributed by atoms with van der Waals surface area (Å²) in [5, 5.41) is 3.16. The molecule has 0 aliphatic carbocycles. The van der Waals surface area contributed by atoms with Crippen LogP contribution in [0.1, 0.15) is 33.6 Å². The van der Waals surface area contributed by atoms with Gasteiger partial charge in [-0.3, -0.25) is 9.69 Å². The molecule has 1 fully saturated rings. The summed E-state index contributed by atoms with van der Waals surface area (Å²) in [6.07, 6.45) is 1.60. The Morgan fingerprint density at radius 3 is 2.00 bits per heavy atom. The Hall–Kier alpha value is 0.220. The molecule has 1 rings (SSSR count). The molecule has 8 heteroatoms. The lowest BCUT2D eigenvalue weighted by Crippen LogP contribution is -2.53. The number of nitrogens with two attached hydrogens (primary N) is 1. The van der Waals surface area contributed by atoms with E-state index in [-0.39, 0.29) is 49.2 Å². The number of likely N-dealkylation sites (N-methyl/N-ethyl adjacent to an activating group) is 1. The molecule has 0 aromatic rings. The number of rotatable bonds is 7. The standard InChI is InChI=1S/C15H32N4O.3ClH/c1-5-15(6-2,12-16)14(20)17-13(3)11-19-9-7-18(4)8-10-19;;;/h13H,5-12,16H2,1-4H3,(H,17,20);3*1H. The van der Waals surface area contributed by atoms with Gasteiger partial charge in [-0.05, 0) is 26.8 Å². The number of carbonyl (C=O) groups is 1. The highest BCUT2D eigenvalue weighted by Gasteiger charge is 2.34. The van der Waals surface area contributed by atoms with Gasteiger partial charge in [0.25, 0.3) is 0 Å². The van der Waals surface area contributed by atoms with Crippen LogP contribution in [0.15, 0.2) is 0 Å². The van der Waals surface area contributed by atoms with Crippen molar-refractivity contribution in [1.29, 1.82) is 0 Å². The van der Waals surface area contributed by atoms with Gasteiger partial charge in [0, 0.05) is 45.3 Å². The fourth-order valence-corrected chi connectivity index (χ4v) is 2.79. The van der Waals surface area contributed by atoms with Gasteiger partial charge in [-0.1, -0.05) is 13.8 Å². The Balaban J connectivity index is -0.00000133. The normalized spacial score (nSPS) is 17.3. The first-order valence-corrected chi connectivity index (χ1v) is 7.89. The number of hydrogen-bond donors (Lipinski definition) is 2. The number of piperazine rings is 1. The van der Waals surface area contributed by atoms with Crippen molar-refractivity contribution in [2.45, 2.75) is 39.7 Å². The first-order chi connectivity index (χ1) is 9.47. The van der Waals surface area contributed by atoms with E-state index in [1.165, 1.54) is 0 Å². The molecule has 1 unspecified atom stereocenters. The van der Waals surface area contributed by atoms with Crippen molar-refractivity contribution in [1.82, 2.24) is 15.1 Å². The molecule has 1 aliphatic heterocycles. The van der Waals surface area contributed by atoms with Crippen LogP contribution >= 0.6 is 37.2 Å². The monoisotopic (exact) mass is 392 g/mol. The number of nitrogens with zero attached hydrogens (tertiary/aromatic N) is 2. The Bertz CT molecular complexity index is 301. The molecule has 23 heavy (non-hydrogen) atoms. The van der Waals surface area contributed by atoms with Gasteiger partial charge in [0.05, 0.1) is 5.41 Å². The van der Waals surface area contributed by atoms with Crippen molar-refractivity contribution in [2.24, 2.45) is 11.1 Å². The highest BCUT2D eigenvalue weighted by molar-refractivity contribution is 5.86. The van der Waals surface area contributed by atoms with Crippen molar-refractivity contribution in [2.75, 3.05) is 46.3 Å². The fraction of sp³-hybridized carbons (Fsp3) is 0.933. The highest BCUT2D eigenvalue weighted by atomic mass is 35.5. The van der Waals surface area contributed by atoms with Gasteiger partial charge in [0.2, 0.25) is 5.91 Å². The van der Waals surface area contributed by atoms with E-state index in [2.05, 4.69) is 29.1 Å². The van der Waals surface area contributed by atoms with E-state index < -0.39 is 5.41 Å². The van der Waals surface area contributed by atoms with Crippen molar-refractivity contribution in [3.05, 3.63) is 0 Å². The van der Waals surface area contributed by atoms with E-state index in [4.69, 9.17) is 5.73 Å². The lowest BCUT2D eigenvalue weighted by atomic mass is 9.81. The maximum atomic E-state index is 12.4. The number of carbonyl (C=O) groups excluding carboxylic acids is 1. The minimum absolute atomic E-state index is 0. The van der Waals surface area contributed by atoms with Crippen LogP contribution in [0.4, 0.5) is 0 Å². The summed E-state index contributed by atoms with van der Waals surface area (Å²) in [7, 11) is 2.15. The Morgan fingerprint density at radius 2 is 1.61 bits per heavy atom. The Kier molecular flexibility index (Phi) is 16.5. The van der Waals surface area contributed by atoms with Gasteiger partial charge in [-0.25, -0.2) is 0 Å². The minimum atomic E-state index is -0.392. The molecule has 1 amide bonds. The van der Waals surface area contributed by atoms with E-state index in [1.54, 1.807) is 0 Å². The second-order valence-electron chi connectivity index (χ2n) is 6.17. The lowest BCUT2D eigenvalue weighted by molar-refractivity contribution is -0.131. The van der Waals surface area contributed by atoms with Crippen molar-refractivity contribution in [3.63, 3.8) is 0 Å². The zero-order valence-corrected chi connectivity index (χ0v) is 17.3. The van der Waals surface area contributed by atoms with Gasteiger partial charge in [-0.15, -0.1) is 37.2 Å². The van der Waals surface area contributed by atoms with Gasteiger partial charge in [0.15, 0.2) is 0 Å². The zero-order valence-electron chi connectivity index (χ0n) is 14.8. The highest BCUT2D eigenvalue weighted by Crippen LogP contribution is 2.25. The van der Waals surface area contributed by atoms with E-state index >= 15 is 0 Å². The third-order valence-corrected chi connectivity index (χ3v) is 4.73. The molecule has 1 saturated heterocycles. The summed E-state index contributed by atoms with van der Waals surface area (Å²) < 4.78 is 0. The average Bonchev–Trinajstić information content (AvgIpc) is 2.44. The zero-order chi connectivity index (χ0) is 15.2. The van der Waals surface area contributed by atoms with Crippen LogP contribution in [0.5, 0.6) is 0 Å². The molecule has 1 heterocycles. The molecule has 1 atom stereocenters. The summed E-state index contributed by atoms with van der Waals surface area (Å²) in [6.45, 7) is 11.9. The Morgan fingerprint density at radius 1 is 1.13 bits per heavy atom. The second kappa shape index (κ2) is 13.5. The van der Waals surface area contributed by atoms with E-state index in [0.29, 0.717) is 6.54 Å². The van der Waals surface area contributed by atoms with Crippen LogP contribution in [-0.4, -0.2) is 68.1 Å². The summed E-state index contributed by atoms with van der Waals surface area (Å²) in [5.41, 5.74) is 5.44. The molecule has 3 N–H and O–H groups in total. The largest absolute Gasteiger partial charge is 0.352 e. The first-order valence-electron chi connectivity index (χ1n) is 7.89. The molecular formula is C15H35Cl3N4O. The average molecular weight is 394 g/mol. The quantitative estimate of drug-likeness (QED) is 0.692. The van der Waals surface area contributed by atoms with Gasteiger partial charge in [-0.2, -0.15) is 0 Å². The number of amides is 1.